The molecule has 5 N–H and O–H groups in total. The Morgan fingerprint density at radius 1 is 1.11 bits per heavy atom. The molecule has 1 unspecified atom stereocenters. The molecule has 1 aliphatic rings. The van der Waals surface area contributed by atoms with E-state index in [1.165, 1.54) is 0 Å². The number of pyridine rings is 1. The van der Waals surface area contributed by atoms with Gasteiger partial charge in [-0.05, 0) is 80.6 Å². The van der Waals surface area contributed by atoms with Crippen LogP contribution in [0.4, 0.5) is 25.0 Å². The van der Waals surface area contributed by atoms with E-state index in [1.807, 2.05) is 13.0 Å². The number of benzene rings is 2. The average Bonchev–Trinajstić information content (AvgIpc) is 2.98. The molecule has 1 fully saturated rings. The van der Waals surface area contributed by atoms with E-state index in [0.717, 1.165) is 68.6 Å². The van der Waals surface area contributed by atoms with Crippen LogP contribution < -0.4 is 25.8 Å². The van der Waals surface area contributed by atoms with Crippen LogP contribution in [0, 0.1) is 24.5 Å². The van der Waals surface area contributed by atoms with Gasteiger partial charge in [-0.3, -0.25) is 14.4 Å². The fourth-order valence-corrected chi connectivity index (χ4v) is 6.06. The van der Waals surface area contributed by atoms with Gasteiger partial charge in [0, 0.05) is 36.6 Å². The zero-order chi connectivity index (χ0) is 33.4. The Bertz CT molecular complexity index is 1650. The van der Waals surface area contributed by atoms with E-state index in [4.69, 9.17) is 10.5 Å². The lowest BCUT2D eigenvalue weighted by Crippen LogP contribution is -2.46. The maximum atomic E-state index is 14.3. The maximum Gasteiger partial charge on any atom is 0.319 e. The van der Waals surface area contributed by atoms with E-state index in [1.54, 1.807) is 30.5 Å². The molecule has 1 saturated heterocycles. The molecule has 15 heteroatoms. The predicted molar refractivity (Wildman–Crippen MR) is 180 cm³/mol. The number of primary amides is 1. The maximum absolute atomic E-state index is 14.3. The SMILES string of the molecule is CCCCC(NC(=O)Nc1cc(C(N)=O)c(F)cc1F)C1CCN(Cc2ccc(Oc3ccc(NS(C)(=O)=O)cc3C)nc2)CC1.Cl. The van der Waals surface area contributed by atoms with Gasteiger partial charge < -0.3 is 21.1 Å². The summed E-state index contributed by atoms with van der Waals surface area (Å²) in [6.45, 7) is 6.22. The lowest BCUT2D eigenvalue weighted by atomic mass is 9.86. The summed E-state index contributed by atoms with van der Waals surface area (Å²) >= 11 is 0. The first kappa shape index (κ1) is 37.4. The van der Waals surface area contributed by atoms with Crippen LogP contribution in [0.25, 0.3) is 0 Å². The summed E-state index contributed by atoms with van der Waals surface area (Å²) in [6, 6.07) is 9.42. The number of likely N-dealkylation sites (tertiary alicyclic amines) is 1. The first-order valence-corrected chi connectivity index (χ1v) is 17.0. The number of carbonyl (C=O) groups is 2. The van der Waals surface area contributed by atoms with Gasteiger partial charge in [0.25, 0.3) is 5.91 Å². The molecule has 3 aromatic rings. The van der Waals surface area contributed by atoms with Crippen molar-refractivity contribution in [3.63, 3.8) is 0 Å². The highest BCUT2D eigenvalue weighted by Gasteiger charge is 2.28. The standard InChI is InChI=1S/C32H40F2N6O5S.ClH/c1-4-5-6-27(37-32(42)38-28-16-24(31(35)41)25(33)17-26(28)34)22-11-13-40(14-12-22)19-21-7-10-30(36-18-21)45-29-9-8-23(15-20(29)2)39-46(3,43)44;/h7-10,15-18,22,27,39H,4-6,11-14,19H2,1-3H3,(H2,35,41)(H2,37,38,42);1H. The summed E-state index contributed by atoms with van der Waals surface area (Å²) in [6.07, 6.45) is 7.18. The molecule has 3 amide bonds. The van der Waals surface area contributed by atoms with Gasteiger partial charge in [0.05, 0.1) is 17.5 Å². The first-order chi connectivity index (χ1) is 21.8. The largest absolute Gasteiger partial charge is 0.439 e. The van der Waals surface area contributed by atoms with Crippen LogP contribution in [-0.4, -0.2) is 55.6 Å². The van der Waals surface area contributed by atoms with E-state index in [-0.39, 0.29) is 30.1 Å². The minimum atomic E-state index is -3.38. The van der Waals surface area contributed by atoms with Crippen LogP contribution >= 0.6 is 12.4 Å². The Kier molecular flexibility index (Phi) is 13.3. The molecule has 0 spiro atoms. The van der Waals surface area contributed by atoms with Crippen molar-refractivity contribution in [2.75, 3.05) is 29.4 Å². The Morgan fingerprint density at radius 3 is 2.43 bits per heavy atom. The number of anilines is 2. The van der Waals surface area contributed by atoms with Crippen molar-refractivity contribution in [3.8, 4) is 11.6 Å². The molecule has 1 aliphatic heterocycles. The zero-order valence-corrected chi connectivity index (χ0v) is 28.1. The molecular formula is C32H41ClF2N6O5S. The molecule has 2 aromatic carbocycles. The summed E-state index contributed by atoms with van der Waals surface area (Å²) in [5, 5.41) is 5.37. The second-order valence-corrected chi connectivity index (χ2v) is 13.3. The summed E-state index contributed by atoms with van der Waals surface area (Å²) in [7, 11) is -3.38. The molecule has 0 aliphatic carbocycles. The number of halogens is 3. The molecule has 1 aromatic heterocycles. The lowest BCUT2D eigenvalue weighted by Gasteiger charge is -2.36. The zero-order valence-electron chi connectivity index (χ0n) is 26.5. The third kappa shape index (κ3) is 11.0. The fraction of sp³-hybridized carbons (Fsp3) is 0.406. The molecule has 4 rings (SSSR count). The summed E-state index contributed by atoms with van der Waals surface area (Å²) in [5.41, 5.74) is 6.56. The molecule has 256 valence electrons. The average molecular weight is 695 g/mol. The second kappa shape index (κ2) is 16.7. The van der Waals surface area contributed by atoms with Gasteiger partial charge in [0.2, 0.25) is 15.9 Å². The molecular weight excluding hydrogens is 654 g/mol. The van der Waals surface area contributed by atoms with Crippen molar-refractivity contribution in [2.24, 2.45) is 11.7 Å². The third-order valence-corrected chi connectivity index (χ3v) is 8.46. The number of nitrogens with zero attached hydrogens (tertiary/aromatic N) is 2. The van der Waals surface area contributed by atoms with E-state index in [2.05, 4.69) is 32.2 Å². The molecule has 11 nitrogen and oxygen atoms in total. The molecule has 2 heterocycles. The second-order valence-electron chi connectivity index (χ2n) is 11.6. The first-order valence-electron chi connectivity index (χ1n) is 15.1. The van der Waals surface area contributed by atoms with Crippen molar-refractivity contribution >= 4 is 45.7 Å². The number of rotatable bonds is 13. The number of amides is 3. The van der Waals surface area contributed by atoms with Gasteiger partial charge in [-0.1, -0.05) is 25.8 Å². The summed E-state index contributed by atoms with van der Waals surface area (Å²) in [5.74, 6) is -1.95. The van der Waals surface area contributed by atoms with Gasteiger partial charge in [-0.25, -0.2) is 27.0 Å². The smallest absolute Gasteiger partial charge is 0.319 e. The van der Waals surface area contributed by atoms with Gasteiger partial charge >= 0.3 is 6.03 Å². The number of aryl methyl sites for hydroxylation is 1. The van der Waals surface area contributed by atoms with E-state index in [9.17, 15) is 26.8 Å². The number of ether oxygens (including phenoxy) is 1. The number of hydrogen-bond donors (Lipinski definition) is 4. The molecule has 0 saturated carbocycles. The van der Waals surface area contributed by atoms with Gasteiger partial charge in [0.15, 0.2) is 0 Å². The van der Waals surface area contributed by atoms with Gasteiger partial charge in [-0.2, -0.15) is 0 Å². The van der Waals surface area contributed by atoms with Crippen LogP contribution in [0.3, 0.4) is 0 Å². The number of carbonyl (C=O) groups excluding carboxylic acids is 2. The van der Waals surface area contributed by atoms with Crippen molar-refractivity contribution in [2.45, 2.75) is 58.5 Å². The third-order valence-electron chi connectivity index (χ3n) is 7.85. The molecule has 0 bridgehead atoms. The van der Waals surface area contributed by atoms with Crippen molar-refractivity contribution in [1.82, 2.24) is 15.2 Å². The number of urea groups is 1. The number of nitrogens with one attached hydrogen (secondary N) is 3. The molecule has 0 radical (unpaired) electrons. The minimum absolute atomic E-state index is 0. The normalized spacial score (nSPS) is 14.5. The number of nitrogens with two attached hydrogens (primary N) is 1. The van der Waals surface area contributed by atoms with Crippen LogP contribution in [0.1, 0.15) is 60.5 Å². The lowest BCUT2D eigenvalue weighted by molar-refractivity contribution is 0.0996. The Hall–Kier alpha value is -4.01. The molecule has 1 atom stereocenters. The van der Waals surface area contributed by atoms with Crippen molar-refractivity contribution < 1.29 is 31.5 Å². The number of piperidine rings is 1. The predicted octanol–water partition coefficient (Wildman–Crippen LogP) is 5.95. The highest BCUT2D eigenvalue weighted by Crippen LogP contribution is 2.28. The minimum Gasteiger partial charge on any atom is -0.439 e. The Morgan fingerprint density at radius 2 is 1.83 bits per heavy atom. The van der Waals surface area contributed by atoms with Gasteiger partial charge in [0.1, 0.15) is 17.4 Å². The highest BCUT2D eigenvalue weighted by molar-refractivity contribution is 7.92. The van der Waals surface area contributed by atoms with E-state index >= 15 is 0 Å². The fourth-order valence-electron chi connectivity index (χ4n) is 5.50. The van der Waals surface area contributed by atoms with Gasteiger partial charge in [-0.15, -0.1) is 12.4 Å². The van der Waals surface area contributed by atoms with Crippen molar-refractivity contribution in [1.29, 1.82) is 0 Å². The van der Waals surface area contributed by atoms with E-state index < -0.39 is 39.2 Å². The number of unbranched alkanes of at least 4 members (excludes halogenated alkanes) is 1. The monoisotopic (exact) mass is 694 g/mol. The summed E-state index contributed by atoms with van der Waals surface area (Å²) in [4.78, 5) is 31.0. The number of hydrogen-bond acceptors (Lipinski definition) is 7. The number of sulfonamides is 1. The Labute approximate surface area is 280 Å². The topological polar surface area (TPSA) is 156 Å². The van der Waals surface area contributed by atoms with Crippen LogP contribution in [0.15, 0.2) is 48.7 Å². The van der Waals surface area contributed by atoms with Crippen LogP contribution in [-0.2, 0) is 16.6 Å². The van der Waals surface area contributed by atoms with E-state index in [0.29, 0.717) is 29.9 Å². The van der Waals surface area contributed by atoms with Crippen molar-refractivity contribution in [3.05, 3.63) is 77.0 Å². The number of aromatic nitrogens is 1. The van der Waals surface area contributed by atoms with Crippen LogP contribution in [0.2, 0.25) is 0 Å². The summed E-state index contributed by atoms with van der Waals surface area (Å²) < 4.78 is 59.4. The quantitative estimate of drug-likeness (QED) is 0.172. The highest BCUT2D eigenvalue weighted by atomic mass is 35.5. The molecule has 47 heavy (non-hydrogen) atoms. The van der Waals surface area contributed by atoms with Crippen LogP contribution in [0.5, 0.6) is 11.6 Å². The Balaban J connectivity index is 0.00000600.